The van der Waals surface area contributed by atoms with E-state index in [0.717, 1.165) is 0 Å². The minimum Gasteiger partial charge on any atom is -0.396 e. The Bertz CT molecular complexity index is 528. The van der Waals surface area contributed by atoms with Crippen LogP contribution < -0.4 is 0 Å². The smallest absolute Gasteiger partial charge is 0.243 e. The molecule has 17 heavy (non-hydrogen) atoms. The lowest BCUT2D eigenvalue weighted by molar-refractivity contribution is 0.117. The van der Waals surface area contributed by atoms with Crippen molar-refractivity contribution in [1.29, 1.82) is 0 Å². The van der Waals surface area contributed by atoms with Gasteiger partial charge in [0.2, 0.25) is 10.0 Å². The van der Waals surface area contributed by atoms with E-state index in [4.69, 9.17) is 16.7 Å². The summed E-state index contributed by atoms with van der Waals surface area (Å²) < 4.78 is 26.1. The van der Waals surface area contributed by atoms with Crippen molar-refractivity contribution in [3.8, 4) is 0 Å². The number of nitrogens with zero attached hydrogens (tertiary/aromatic N) is 1. The van der Waals surface area contributed by atoms with E-state index >= 15 is 0 Å². The SMILES string of the molecule is O=S(=O)(c1ccc(Cl)c(Br)c1)N1CC(CO)C1. The van der Waals surface area contributed by atoms with Crippen LogP contribution in [0, 0.1) is 5.92 Å². The van der Waals surface area contributed by atoms with Gasteiger partial charge in [0.05, 0.1) is 9.92 Å². The highest BCUT2D eigenvalue weighted by Crippen LogP contribution is 2.29. The van der Waals surface area contributed by atoms with E-state index in [9.17, 15) is 8.42 Å². The van der Waals surface area contributed by atoms with E-state index in [2.05, 4.69) is 15.9 Å². The molecule has 1 aromatic rings. The van der Waals surface area contributed by atoms with Gasteiger partial charge in [-0.1, -0.05) is 11.6 Å². The predicted octanol–water partition coefficient (Wildman–Crippen LogP) is 1.72. The number of aliphatic hydroxyl groups is 1. The first-order valence-corrected chi connectivity index (χ1v) is 7.62. The summed E-state index contributed by atoms with van der Waals surface area (Å²) in [6.07, 6.45) is 0. The molecule has 2 rings (SSSR count). The number of aliphatic hydroxyl groups excluding tert-OH is 1. The van der Waals surface area contributed by atoms with Crippen molar-refractivity contribution in [3.05, 3.63) is 27.7 Å². The average Bonchev–Trinajstić information content (AvgIpc) is 2.20. The van der Waals surface area contributed by atoms with E-state index in [1.165, 1.54) is 16.4 Å². The first-order valence-electron chi connectivity index (χ1n) is 5.01. The topological polar surface area (TPSA) is 57.6 Å². The molecule has 1 aromatic carbocycles. The van der Waals surface area contributed by atoms with Gasteiger partial charge in [0.15, 0.2) is 0 Å². The zero-order chi connectivity index (χ0) is 12.6. The largest absolute Gasteiger partial charge is 0.396 e. The number of hydrogen-bond donors (Lipinski definition) is 1. The standard InChI is InChI=1S/C10H11BrClNO3S/c11-9-3-8(1-2-10(9)12)17(15,16)13-4-7(5-13)6-14/h1-3,7,14H,4-6H2. The Hall–Kier alpha value is -0.140. The molecule has 1 saturated heterocycles. The van der Waals surface area contributed by atoms with Crippen LogP contribution in [-0.4, -0.2) is 37.5 Å². The summed E-state index contributed by atoms with van der Waals surface area (Å²) in [7, 11) is -3.45. The molecule has 1 N–H and O–H groups in total. The van der Waals surface area contributed by atoms with Crippen LogP contribution in [-0.2, 0) is 10.0 Å². The molecule has 1 aliphatic heterocycles. The van der Waals surface area contributed by atoms with E-state index in [1.807, 2.05) is 0 Å². The van der Waals surface area contributed by atoms with Gasteiger partial charge in [-0.15, -0.1) is 0 Å². The highest BCUT2D eigenvalue weighted by Gasteiger charge is 2.36. The summed E-state index contributed by atoms with van der Waals surface area (Å²) in [6, 6.07) is 4.51. The predicted molar refractivity (Wildman–Crippen MR) is 68.5 cm³/mol. The molecular weight excluding hydrogens is 330 g/mol. The lowest BCUT2D eigenvalue weighted by Gasteiger charge is -2.36. The van der Waals surface area contributed by atoms with Gasteiger partial charge in [-0.25, -0.2) is 8.42 Å². The lowest BCUT2D eigenvalue weighted by atomic mass is 10.1. The summed E-state index contributed by atoms with van der Waals surface area (Å²) in [5, 5.41) is 9.35. The van der Waals surface area contributed by atoms with Crippen molar-refractivity contribution < 1.29 is 13.5 Å². The van der Waals surface area contributed by atoms with Gasteiger partial charge in [-0.05, 0) is 34.1 Å². The second-order valence-corrected chi connectivity index (χ2v) is 7.15. The number of rotatable bonds is 3. The van der Waals surface area contributed by atoms with Gasteiger partial charge in [0, 0.05) is 30.1 Å². The van der Waals surface area contributed by atoms with Crippen LogP contribution in [0.5, 0.6) is 0 Å². The Morgan fingerprint density at radius 3 is 2.65 bits per heavy atom. The molecule has 0 radical (unpaired) electrons. The normalized spacial score (nSPS) is 18.1. The van der Waals surface area contributed by atoms with E-state index in [0.29, 0.717) is 22.6 Å². The lowest BCUT2D eigenvalue weighted by Crippen LogP contribution is -2.51. The van der Waals surface area contributed by atoms with E-state index in [1.54, 1.807) is 6.07 Å². The summed E-state index contributed by atoms with van der Waals surface area (Å²) in [4.78, 5) is 0.213. The third kappa shape index (κ3) is 2.51. The van der Waals surface area contributed by atoms with Crippen LogP contribution in [0.1, 0.15) is 0 Å². The molecule has 7 heteroatoms. The molecule has 0 atom stereocenters. The van der Waals surface area contributed by atoms with Crippen LogP contribution in [0.25, 0.3) is 0 Å². The Labute approximate surface area is 113 Å². The molecule has 94 valence electrons. The molecule has 0 spiro atoms. The Balaban J connectivity index is 2.24. The highest BCUT2D eigenvalue weighted by molar-refractivity contribution is 9.10. The van der Waals surface area contributed by atoms with Gasteiger partial charge < -0.3 is 5.11 Å². The fraction of sp³-hybridized carbons (Fsp3) is 0.400. The average molecular weight is 341 g/mol. The molecule has 1 aliphatic rings. The third-order valence-corrected chi connectivity index (χ3v) is 5.75. The molecule has 1 fully saturated rings. The fourth-order valence-corrected chi connectivity index (χ4v) is 3.89. The summed E-state index contributed by atoms with van der Waals surface area (Å²) >= 11 is 9.01. The van der Waals surface area contributed by atoms with Crippen LogP contribution in [0.2, 0.25) is 5.02 Å². The molecular formula is C10H11BrClNO3S. The van der Waals surface area contributed by atoms with Crippen molar-refractivity contribution in [1.82, 2.24) is 4.31 Å². The van der Waals surface area contributed by atoms with Gasteiger partial charge >= 0.3 is 0 Å². The summed E-state index contributed by atoms with van der Waals surface area (Å²) in [5.74, 6) is 0.0560. The monoisotopic (exact) mass is 339 g/mol. The first-order chi connectivity index (χ1) is 7.95. The van der Waals surface area contributed by atoms with Crippen molar-refractivity contribution in [2.24, 2.45) is 5.92 Å². The molecule has 4 nitrogen and oxygen atoms in total. The molecule has 0 saturated carbocycles. The quantitative estimate of drug-likeness (QED) is 0.911. The fourth-order valence-electron chi connectivity index (χ4n) is 1.62. The number of halogens is 2. The van der Waals surface area contributed by atoms with Gasteiger partial charge in [-0.3, -0.25) is 0 Å². The number of hydrogen-bond acceptors (Lipinski definition) is 3. The maximum atomic E-state index is 12.1. The molecule has 0 amide bonds. The van der Waals surface area contributed by atoms with E-state index < -0.39 is 10.0 Å². The van der Waals surface area contributed by atoms with Crippen LogP contribution in [0.15, 0.2) is 27.6 Å². The molecule has 0 aliphatic carbocycles. The van der Waals surface area contributed by atoms with Gasteiger partial charge in [-0.2, -0.15) is 4.31 Å². The minimum atomic E-state index is -3.45. The zero-order valence-corrected chi connectivity index (χ0v) is 12.0. The van der Waals surface area contributed by atoms with Crippen molar-refractivity contribution in [3.63, 3.8) is 0 Å². The second-order valence-electron chi connectivity index (χ2n) is 3.95. The minimum absolute atomic E-state index is 0.0241. The van der Waals surface area contributed by atoms with Crippen LogP contribution in [0.4, 0.5) is 0 Å². The Morgan fingerprint density at radius 1 is 1.47 bits per heavy atom. The maximum Gasteiger partial charge on any atom is 0.243 e. The number of benzene rings is 1. The van der Waals surface area contributed by atoms with Gasteiger partial charge in [0.1, 0.15) is 0 Å². The van der Waals surface area contributed by atoms with Crippen molar-refractivity contribution >= 4 is 37.6 Å². The van der Waals surface area contributed by atoms with Crippen LogP contribution >= 0.6 is 27.5 Å². The number of sulfonamides is 1. The van der Waals surface area contributed by atoms with E-state index in [-0.39, 0.29) is 17.4 Å². The molecule has 0 unspecified atom stereocenters. The first kappa shape index (κ1) is 13.3. The molecule has 0 aromatic heterocycles. The third-order valence-electron chi connectivity index (χ3n) is 2.71. The Kier molecular flexibility index (Phi) is 3.80. The molecule has 0 bridgehead atoms. The van der Waals surface area contributed by atoms with Crippen molar-refractivity contribution in [2.75, 3.05) is 19.7 Å². The zero-order valence-electron chi connectivity index (χ0n) is 8.81. The van der Waals surface area contributed by atoms with Crippen molar-refractivity contribution in [2.45, 2.75) is 4.90 Å². The Morgan fingerprint density at radius 2 is 2.12 bits per heavy atom. The maximum absolute atomic E-state index is 12.1. The summed E-state index contributed by atoms with van der Waals surface area (Å²) in [5.41, 5.74) is 0. The van der Waals surface area contributed by atoms with Crippen LogP contribution in [0.3, 0.4) is 0 Å². The summed E-state index contributed by atoms with van der Waals surface area (Å²) in [6.45, 7) is 0.772. The molecule has 1 heterocycles. The highest BCUT2D eigenvalue weighted by atomic mass is 79.9. The second kappa shape index (κ2) is 4.85. The van der Waals surface area contributed by atoms with Gasteiger partial charge in [0.25, 0.3) is 0 Å².